The molecule has 4 rings (SSSR count). The van der Waals surface area contributed by atoms with Gasteiger partial charge in [-0.2, -0.15) is 0 Å². The molecular weight excluding hydrogens is 334 g/mol. The third-order valence-electron chi connectivity index (χ3n) is 4.55. The normalized spacial score (nSPS) is 10.7. The quantitative estimate of drug-likeness (QED) is 0.550. The van der Waals surface area contributed by atoms with Crippen molar-refractivity contribution in [2.45, 2.75) is 13.8 Å². The zero-order valence-electron chi connectivity index (χ0n) is 15.2. The van der Waals surface area contributed by atoms with Crippen LogP contribution in [-0.4, -0.2) is 20.1 Å². The highest BCUT2D eigenvalue weighted by Gasteiger charge is 2.15. The zero-order chi connectivity index (χ0) is 18.8. The van der Waals surface area contributed by atoms with Crippen molar-refractivity contribution >= 4 is 0 Å². The summed E-state index contributed by atoms with van der Waals surface area (Å²) in [4.78, 5) is 14.1. The number of nitrogens with zero attached hydrogens (tertiary/aromatic N) is 3. The third-order valence-corrected chi connectivity index (χ3v) is 4.55. The highest BCUT2D eigenvalue weighted by atomic mass is 16.3. The molecule has 132 valence electrons. The van der Waals surface area contributed by atoms with Crippen molar-refractivity contribution in [1.29, 1.82) is 0 Å². The average Bonchev–Trinajstić information content (AvgIpc) is 2.69. The van der Waals surface area contributed by atoms with Crippen LogP contribution in [0.2, 0.25) is 0 Å². The SMILES string of the molecule is Cc1ccccc1-c1nc(-c2ccccc2C)nc(-c2ccccc2O)n1. The van der Waals surface area contributed by atoms with E-state index in [0.29, 0.717) is 23.0 Å². The predicted octanol–water partition coefficient (Wildman–Crippen LogP) is 5.20. The minimum atomic E-state index is 0.148. The van der Waals surface area contributed by atoms with E-state index in [4.69, 9.17) is 4.98 Å². The van der Waals surface area contributed by atoms with Crippen LogP contribution < -0.4 is 0 Å². The summed E-state index contributed by atoms with van der Waals surface area (Å²) >= 11 is 0. The second kappa shape index (κ2) is 7.00. The molecule has 0 saturated carbocycles. The molecule has 1 heterocycles. The number of benzene rings is 3. The van der Waals surface area contributed by atoms with Crippen molar-refractivity contribution in [3.63, 3.8) is 0 Å². The lowest BCUT2D eigenvalue weighted by Gasteiger charge is -2.11. The Balaban J connectivity index is 1.99. The number of hydrogen-bond donors (Lipinski definition) is 1. The van der Waals surface area contributed by atoms with Crippen LogP contribution in [0.5, 0.6) is 5.75 Å². The number of phenols is 1. The molecular formula is C23H19N3O. The molecule has 3 aromatic carbocycles. The summed E-state index contributed by atoms with van der Waals surface area (Å²) in [6.07, 6.45) is 0. The van der Waals surface area contributed by atoms with Gasteiger partial charge < -0.3 is 5.11 Å². The van der Waals surface area contributed by atoms with Gasteiger partial charge in [0, 0.05) is 11.1 Å². The van der Waals surface area contributed by atoms with Crippen LogP contribution in [0, 0.1) is 13.8 Å². The molecule has 0 fully saturated rings. The van der Waals surface area contributed by atoms with E-state index in [-0.39, 0.29) is 5.75 Å². The summed E-state index contributed by atoms with van der Waals surface area (Å²) in [6.45, 7) is 4.07. The average molecular weight is 353 g/mol. The number of aromatic nitrogens is 3. The molecule has 0 aliphatic rings. The van der Waals surface area contributed by atoms with Crippen LogP contribution in [0.4, 0.5) is 0 Å². The molecule has 0 aliphatic heterocycles. The summed E-state index contributed by atoms with van der Waals surface area (Å²) in [6, 6.07) is 23.1. The molecule has 0 amide bonds. The molecule has 4 heteroatoms. The number of aromatic hydroxyl groups is 1. The predicted molar refractivity (Wildman–Crippen MR) is 107 cm³/mol. The van der Waals surface area contributed by atoms with Crippen LogP contribution in [0.25, 0.3) is 34.2 Å². The van der Waals surface area contributed by atoms with Gasteiger partial charge in [0.15, 0.2) is 17.5 Å². The number of hydrogen-bond acceptors (Lipinski definition) is 4. The second-order valence-corrected chi connectivity index (χ2v) is 6.45. The van der Waals surface area contributed by atoms with E-state index < -0.39 is 0 Å². The van der Waals surface area contributed by atoms with Gasteiger partial charge in [-0.15, -0.1) is 0 Å². The Morgan fingerprint density at radius 2 is 0.889 bits per heavy atom. The van der Waals surface area contributed by atoms with Crippen molar-refractivity contribution in [3.8, 4) is 39.9 Å². The molecule has 4 nitrogen and oxygen atoms in total. The van der Waals surface area contributed by atoms with Gasteiger partial charge in [-0.25, -0.2) is 15.0 Å². The highest BCUT2D eigenvalue weighted by Crippen LogP contribution is 2.30. The molecule has 0 unspecified atom stereocenters. The van der Waals surface area contributed by atoms with Crippen molar-refractivity contribution in [3.05, 3.63) is 83.9 Å². The molecule has 0 bridgehead atoms. The Labute approximate surface area is 158 Å². The summed E-state index contributed by atoms with van der Waals surface area (Å²) < 4.78 is 0. The fraction of sp³-hybridized carbons (Fsp3) is 0.0870. The smallest absolute Gasteiger partial charge is 0.167 e. The standard InChI is InChI=1S/C23H19N3O/c1-15-9-3-5-11-17(15)21-24-22(18-12-6-4-10-16(18)2)26-23(25-21)19-13-7-8-14-20(19)27/h3-14,27H,1-2H3. The van der Waals surface area contributed by atoms with Crippen LogP contribution in [0.1, 0.15) is 11.1 Å². The van der Waals surface area contributed by atoms with Gasteiger partial charge in [-0.3, -0.25) is 0 Å². The Kier molecular flexibility index (Phi) is 4.38. The summed E-state index contributed by atoms with van der Waals surface area (Å²) in [7, 11) is 0. The Morgan fingerprint density at radius 3 is 1.33 bits per heavy atom. The van der Waals surface area contributed by atoms with Gasteiger partial charge in [0.2, 0.25) is 0 Å². The van der Waals surface area contributed by atoms with E-state index in [0.717, 1.165) is 22.3 Å². The van der Waals surface area contributed by atoms with E-state index in [1.165, 1.54) is 0 Å². The Bertz CT molecular complexity index is 968. The maximum Gasteiger partial charge on any atom is 0.167 e. The molecule has 4 aromatic rings. The first-order chi connectivity index (χ1) is 13.1. The van der Waals surface area contributed by atoms with Gasteiger partial charge in [0.1, 0.15) is 5.75 Å². The molecule has 1 N–H and O–H groups in total. The van der Waals surface area contributed by atoms with Crippen molar-refractivity contribution < 1.29 is 5.11 Å². The number of rotatable bonds is 3. The van der Waals surface area contributed by atoms with Crippen LogP contribution in [-0.2, 0) is 0 Å². The van der Waals surface area contributed by atoms with Gasteiger partial charge in [-0.05, 0) is 37.1 Å². The molecule has 27 heavy (non-hydrogen) atoms. The van der Waals surface area contributed by atoms with Gasteiger partial charge in [-0.1, -0.05) is 60.7 Å². The fourth-order valence-corrected chi connectivity index (χ4v) is 3.05. The van der Waals surface area contributed by atoms with Gasteiger partial charge in [0.25, 0.3) is 0 Å². The number of para-hydroxylation sites is 1. The highest BCUT2D eigenvalue weighted by molar-refractivity contribution is 5.71. The lowest BCUT2D eigenvalue weighted by molar-refractivity contribution is 0.477. The van der Waals surface area contributed by atoms with Crippen LogP contribution in [0.3, 0.4) is 0 Å². The van der Waals surface area contributed by atoms with Crippen LogP contribution >= 0.6 is 0 Å². The van der Waals surface area contributed by atoms with E-state index in [1.54, 1.807) is 12.1 Å². The third kappa shape index (κ3) is 3.29. The topological polar surface area (TPSA) is 58.9 Å². The number of aryl methyl sites for hydroxylation is 2. The first kappa shape index (κ1) is 16.9. The molecule has 0 radical (unpaired) electrons. The molecule has 1 aromatic heterocycles. The summed E-state index contributed by atoms with van der Waals surface area (Å²) in [5.74, 6) is 1.80. The van der Waals surface area contributed by atoms with Gasteiger partial charge >= 0.3 is 0 Å². The van der Waals surface area contributed by atoms with E-state index >= 15 is 0 Å². The van der Waals surface area contributed by atoms with Crippen molar-refractivity contribution in [2.75, 3.05) is 0 Å². The molecule has 0 aliphatic carbocycles. The monoisotopic (exact) mass is 353 g/mol. The molecule has 0 saturated heterocycles. The maximum atomic E-state index is 10.3. The Morgan fingerprint density at radius 1 is 0.519 bits per heavy atom. The minimum Gasteiger partial charge on any atom is -0.507 e. The minimum absolute atomic E-state index is 0.148. The lowest BCUT2D eigenvalue weighted by Crippen LogP contribution is -2.01. The van der Waals surface area contributed by atoms with E-state index in [2.05, 4.69) is 9.97 Å². The zero-order valence-corrected chi connectivity index (χ0v) is 15.2. The first-order valence-corrected chi connectivity index (χ1v) is 8.80. The first-order valence-electron chi connectivity index (χ1n) is 8.80. The van der Waals surface area contributed by atoms with Crippen LogP contribution in [0.15, 0.2) is 72.8 Å². The van der Waals surface area contributed by atoms with Gasteiger partial charge in [0.05, 0.1) is 5.56 Å². The molecule has 0 atom stereocenters. The van der Waals surface area contributed by atoms with Crippen molar-refractivity contribution in [2.24, 2.45) is 0 Å². The van der Waals surface area contributed by atoms with E-state index in [1.807, 2.05) is 74.5 Å². The van der Waals surface area contributed by atoms with E-state index in [9.17, 15) is 5.11 Å². The fourth-order valence-electron chi connectivity index (χ4n) is 3.05. The van der Waals surface area contributed by atoms with Crippen molar-refractivity contribution in [1.82, 2.24) is 15.0 Å². The summed E-state index contributed by atoms with van der Waals surface area (Å²) in [5.41, 5.74) is 4.66. The largest absolute Gasteiger partial charge is 0.507 e. The maximum absolute atomic E-state index is 10.3. The lowest BCUT2D eigenvalue weighted by atomic mass is 10.1. The molecule has 0 spiro atoms. The number of phenolic OH excluding ortho intramolecular Hbond substituents is 1. The Hall–Kier alpha value is -3.53. The second-order valence-electron chi connectivity index (χ2n) is 6.45. The summed E-state index contributed by atoms with van der Waals surface area (Å²) in [5, 5.41) is 10.3.